The quantitative estimate of drug-likeness (QED) is 0.604. The maximum atomic E-state index is 12.9. The fourth-order valence-corrected chi connectivity index (χ4v) is 2.97. The molecule has 0 spiro atoms. The van der Waals surface area contributed by atoms with Crippen LogP contribution in [0.3, 0.4) is 0 Å². The molecule has 0 fully saturated rings. The number of hydrogen-bond acceptors (Lipinski definition) is 4. The number of ether oxygens (including phenoxy) is 1. The molecule has 0 saturated heterocycles. The molecule has 0 saturated carbocycles. The van der Waals surface area contributed by atoms with E-state index in [1.807, 2.05) is 32.0 Å². The molecule has 2 rings (SSSR count). The van der Waals surface area contributed by atoms with E-state index in [0.29, 0.717) is 5.56 Å². The number of rotatable bonds is 9. The molecule has 2 aromatic carbocycles. The van der Waals surface area contributed by atoms with Gasteiger partial charge in [-0.1, -0.05) is 44.2 Å². The smallest absolute Gasteiger partial charge is 0.252 e. The normalized spacial score (nSPS) is 11.6. The Morgan fingerprint density at radius 2 is 1.66 bits per heavy atom. The minimum absolute atomic E-state index is 0.0283. The van der Waals surface area contributed by atoms with E-state index in [0.717, 1.165) is 12.8 Å². The number of nitrogens with one attached hydrogen (secondary N) is 2. The van der Waals surface area contributed by atoms with Gasteiger partial charge in [0.25, 0.3) is 11.8 Å². The highest BCUT2D eigenvalue weighted by Crippen LogP contribution is 2.21. The van der Waals surface area contributed by atoms with Crippen LogP contribution < -0.4 is 21.1 Å². The first-order chi connectivity index (χ1) is 13.9. The van der Waals surface area contributed by atoms with Gasteiger partial charge in [-0.05, 0) is 36.6 Å². The maximum absolute atomic E-state index is 12.9. The molecule has 0 aliphatic carbocycles. The van der Waals surface area contributed by atoms with Gasteiger partial charge in [0.2, 0.25) is 5.91 Å². The van der Waals surface area contributed by atoms with E-state index in [1.54, 1.807) is 12.1 Å². The number of amides is 3. The molecule has 0 aromatic heterocycles. The van der Waals surface area contributed by atoms with Gasteiger partial charge < -0.3 is 21.1 Å². The second-order valence-corrected chi connectivity index (χ2v) is 6.62. The first-order valence-corrected chi connectivity index (χ1v) is 9.55. The van der Waals surface area contributed by atoms with Crippen molar-refractivity contribution in [2.45, 2.75) is 38.8 Å². The van der Waals surface area contributed by atoms with E-state index in [-0.39, 0.29) is 28.8 Å². The molecular weight excluding hydrogens is 370 g/mol. The lowest BCUT2D eigenvalue weighted by molar-refractivity contribution is -0.123. The minimum Gasteiger partial charge on any atom is -0.496 e. The van der Waals surface area contributed by atoms with Crippen molar-refractivity contribution in [2.24, 2.45) is 5.73 Å². The van der Waals surface area contributed by atoms with Crippen LogP contribution in [-0.4, -0.2) is 30.9 Å². The molecule has 1 atom stereocenters. The van der Waals surface area contributed by atoms with Crippen LogP contribution in [0.5, 0.6) is 5.75 Å². The van der Waals surface area contributed by atoms with Gasteiger partial charge in [-0.2, -0.15) is 0 Å². The zero-order chi connectivity index (χ0) is 21.4. The Hall–Kier alpha value is -3.35. The van der Waals surface area contributed by atoms with Crippen LogP contribution in [0.25, 0.3) is 0 Å². The third-order valence-electron chi connectivity index (χ3n) is 4.73. The van der Waals surface area contributed by atoms with Crippen LogP contribution >= 0.6 is 0 Å². The number of nitrogens with two attached hydrogens (primary N) is 1. The molecule has 0 bridgehead atoms. The Bertz CT molecular complexity index is 864. The van der Waals surface area contributed by atoms with Gasteiger partial charge in [-0.25, -0.2) is 0 Å². The van der Waals surface area contributed by atoms with Crippen LogP contribution in [0.1, 0.15) is 59.0 Å². The van der Waals surface area contributed by atoms with Crippen molar-refractivity contribution in [2.75, 3.05) is 7.11 Å². The molecule has 3 amide bonds. The third-order valence-corrected chi connectivity index (χ3v) is 4.73. The summed E-state index contributed by atoms with van der Waals surface area (Å²) in [5.41, 5.74) is 6.41. The van der Waals surface area contributed by atoms with Crippen LogP contribution in [0.4, 0.5) is 0 Å². The zero-order valence-corrected chi connectivity index (χ0v) is 16.9. The molecule has 2 aromatic rings. The van der Waals surface area contributed by atoms with E-state index in [1.165, 1.54) is 25.3 Å². The fraction of sp³-hybridized carbons (Fsp3) is 0.318. The minimum atomic E-state index is -0.855. The summed E-state index contributed by atoms with van der Waals surface area (Å²) in [4.78, 5) is 37.2. The van der Waals surface area contributed by atoms with Gasteiger partial charge in [0, 0.05) is 11.6 Å². The standard InChI is InChI=1S/C22H27N3O4/c1-4-16(5-2)24-22(28)19(14-9-7-6-8-10-14)25-21(27)15-11-12-17(20(23)26)18(13-15)29-3/h6-13,16,19H,4-5H2,1-3H3,(H2,23,26)(H,24,28)(H,25,27). The lowest BCUT2D eigenvalue weighted by Crippen LogP contribution is -2.44. The molecule has 0 aliphatic heterocycles. The molecule has 0 aliphatic rings. The second kappa shape index (κ2) is 10.3. The largest absolute Gasteiger partial charge is 0.496 e. The molecule has 7 heteroatoms. The molecule has 29 heavy (non-hydrogen) atoms. The van der Waals surface area contributed by atoms with Crippen LogP contribution in [0.15, 0.2) is 48.5 Å². The number of hydrogen-bond donors (Lipinski definition) is 3. The highest BCUT2D eigenvalue weighted by molar-refractivity contribution is 6.01. The SMILES string of the molecule is CCC(CC)NC(=O)C(NC(=O)c1ccc(C(N)=O)c(OC)c1)c1ccccc1. The summed E-state index contributed by atoms with van der Waals surface area (Å²) < 4.78 is 5.16. The second-order valence-electron chi connectivity index (χ2n) is 6.62. The van der Waals surface area contributed by atoms with E-state index >= 15 is 0 Å². The lowest BCUT2D eigenvalue weighted by atomic mass is 10.0. The highest BCUT2D eigenvalue weighted by atomic mass is 16.5. The van der Waals surface area contributed by atoms with Crippen molar-refractivity contribution in [3.05, 3.63) is 65.2 Å². The van der Waals surface area contributed by atoms with Gasteiger partial charge in [0.1, 0.15) is 11.8 Å². The average molecular weight is 397 g/mol. The predicted molar refractivity (Wildman–Crippen MR) is 111 cm³/mol. The van der Waals surface area contributed by atoms with E-state index in [4.69, 9.17) is 10.5 Å². The Morgan fingerprint density at radius 1 is 1.00 bits per heavy atom. The Labute approximate surface area is 170 Å². The molecule has 1 unspecified atom stereocenters. The summed E-state index contributed by atoms with van der Waals surface area (Å²) in [6.07, 6.45) is 1.59. The fourth-order valence-electron chi connectivity index (χ4n) is 2.97. The molecule has 0 heterocycles. The molecule has 4 N–H and O–H groups in total. The molecule has 0 radical (unpaired) electrons. The van der Waals surface area contributed by atoms with Crippen LogP contribution in [0.2, 0.25) is 0 Å². The molecular formula is C22H27N3O4. The average Bonchev–Trinajstić information content (AvgIpc) is 2.75. The first-order valence-electron chi connectivity index (χ1n) is 9.55. The predicted octanol–water partition coefficient (Wildman–Crippen LogP) is 2.57. The van der Waals surface area contributed by atoms with Crippen molar-refractivity contribution < 1.29 is 19.1 Å². The van der Waals surface area contributed by atoms with E-state index in [9.17, 15) is 14.4 Å². The Morgan fingerprint density at radius 3 is 2.21 bits per heavy atom. The lowest BCUT2D eigenvalue weighted by Gasteiger charge is -2.22. The van der Waals surface area contributed by atoms with Gasteiger partial charge in [0.15, 0.2) is 0 Å². The van der Waals surface area contributed by atoms with Crippen LogP contribution in [0, 0.1) is 0 Å². The van der Waals surface area contributed by atoms with Crippen molar-refractivity contribution in [3.63, 3.8) is 0 Å². The summed E-state index contributed by atoms with van der Waals surface area (Å²) >= 11 is 0. The zero-order valence-electron chi connectivity index (χ0n) is 16.9. The highest BCUT2D eigenvalue weighted by Gasteiger charge is 2.25. The number of carbonyl (C=O) groups is 3. The summed E-state index contributed by atoms with van der Waals surface area (Å²) in [6, 6.07) is 12.5. The van der Waals surface area contributed by atoms with Gasteiger partial charge in [-0.15, -0.1) is 0 Å². The first kappa shape index (κ1) is 21.9. The van der Waals surface area contributed by atoms with Crippen molar-refractivity contribution in [1.29, 1.82) is 0 Å². The molecule has 7 nitrogen and oxygen atoms in total. The van der Waals surface area contributed by atoms with E-state index < -0.39 is 17.9 Å². The third kappa shape index (κ3) is 5.57. The van der Waals surface area contributed by atoms with Gasteiger partial charge in [0.05, 0.1) is 12.7 Å². The topological polar surface area (TPSA) is 111 Å². The van der Waals surface area contributed by atoms with Crippen LogP contribution in [-0.2, 0) is 4.79 Å². The summed E-state index contributed by atoms with van der Waals surface area (Å²) in [5.74, 6) is -1.20. The van der Waals surface area contributed by atoms with E-state index in [2.05, 4.69) is 10.6 Å². The van der Waals surface area contributed by atoms with Crippen molar-refractivity contribution in [1.82, 2.24) is 10.6 Å². The maximum Gasteiger partial charge on any atom is 0.252 e. The Balaban J connectivity index is 2.30. The van der Waals surface area contributed by atoms with Crippen molar-refractivity contribution >= 4 is 17.7 Å². The van der Waals surface area contributed by atoms with Crippen molar-refractivity contribution in [3.8, 4) is 5.75 Å². The Kier molecular flexibility index (Phi) is 7.77. The number of carbonyl (C=O) groups excluding carboxylic acids is 3. The molecule has 154 valence electrons. The monoisotopic (exact) mass is 397 g/mol. The van der Waals surface area contributed by atoms with Gasteiger partial charge >= 0.3 is 0 Å². The summed E-state index contributed by atoms with van der Waals surface area (Å²) in [7, 11) is 1.39. The van der Waals surface area contributed by atoms with Gasteiger partial charge in [-0.3, -0.25) is 14.4 Å². The summed E-state index contributed by atoms with van der Waals surface area (Å²) in [6.45, 7) is 3.99. The number of primary amides is 1. The number of benzene rings is 2. The number of methoxy groups -OCH3 is 1. The summed E-state index contributed by atoms with van der Waals surface area (Å²) in [5, 5.41) is 5.76.